The number of nitrogens with two attached hydrogens (primary N) is 1. The van der Waals surface area contributed by atoms with Crippen LogP contribution in [0.3, 0.4) is 0 Å². The maximum Gasteiger partial charge on any atom is 0.338 e. The largest absolute Gasteiger partial charge is 0.462 e. The van der Waals surface area contributed by atoms with E-state index in [9.17, 15) is 4.79 Å². The van der Waals surface area contributed by atoms with Gasteiger partial charge in [0, 0.05) is 0 Å². The van der Waals surface area contributed by atoms with E-state index in [1.807, 2.05) is 6.07 Å². The molecule has 2 fully saturated rings. The van der Waals surface area contributed by atoms with Crippen LogP contribution in [0.5, 0.6) is 0 Å². The lowest BCUT2D eigenvalue weighted by Crippen LogP contribution is -2.30. The van der Waals surface area contributed by atoms with Gasteiger partial charge in [0.25, 0.3) is 0 Å². The zero-order valence-corrected chi connectivity index (χ0v) is 11.6. The van der Waals surface area contributed by atoms with Gasteiger partial charge in [-0.05, 0) is 44.4 Å². The molecule has 0 aromatic heterocycles. The summed E-state index contributed by atoms with van der Waals surface area (Å²) in [6.45, 7) is 2.15. The van der Waals surface area contributed by atoms with E-state index in [0.29, 0.717) is 36.1 Å². The molecule has 3 rings (SSSR count). The van der Waals surface area contributed by atoms with Gasteiger partial charge >= 0.3 is 5.97 Å². The van der Waals surface area contributed by atoms with Gasteiger partial charge in [-0.2, -0.15) is 0 Å². The van der Waals surface area contributed by atoms with Crippen molar-refractivity contribution in [2.75, 3.05) is 17.7 Å². The third kappa shape index (κ3) is 2.45. The molecule has 2 bridgehead atoms. The molecule has 3 N–H and O–H groups in total. The molecular formula is C15H20N2O3. The highest BCUT2D eigenvalue weighted by Gasteiger charge is 2.40. The van der Waals surface area contributed by atoms with Crippen LogP contribution in [0.25, 0.3) is 0 Å². The molecule has 1 aromatic rings. The summed E-state index contributed by atoms with van der Waals surface area (Å²) in [7, 11) is 0. The van der Waals surface area contributed by atoms with Crippen molar-refractivity contribution < 1.29 is 14.3 Å². The van der Waals surface area contributed by atoms with Crippen LogP contribution in [-0.4, -0.2) is 30.8 Å². The Morgan fingerprint density at radius 2 is 2.35 bits per heavy atom. The minimum absolute atomic E-state index is 0.295. The van der Waals surface area contributed by atoms with Crippen molar-refractivity contribution in [2.45, 2.75) is 44.4 Å². The lowest BCUT2D eigenvalue weighted by molar-refractivity contribution is 0.0526. The number of hydrogen-bond donors (Lipinski definition) is 2. The molecule has 3 unspecified atom stereocenters. The van der Waals surface area contributed by atoms with Gasteiger partial charge in [0.15, 0.2) is 0 Å². The van der Waals surface area contributed by atoms with Crippen molar-refractivity contribution in [1.82, 2.24) is 0 Å². The van der Waals surface area contributed by atoms with Gasteiger partial charge in [-0.15, -0.1) is 0 Å². The van der Waals surface area contributed by atoms with Crippen molar-refractivity contribution in [3.05, 3.63) is 23.8 Å². The van der Waals surface area contributed by atoms with E-state index in [1.165, 1.54) is 6.42 Å². The van der Waals surface area contributed by atoms with Gasteiger partial charge in [-0.3, -0.25) is 0 Å². The highest BCUT2D eigenvalue weighted by Crippen LogP contribution is 2.36. The Kier molecular flexibility index (Phi) is 3.53. The van der Waals surface area contributed by atoms with Crippen molar-refractivity contribution in [1.29, 1.82) is 0 Å². The summed E-state index contributed by atoms with van der Waals surface area (Å²) in [6, 6.07) is 5.57. The SMILES string of the molecule is CCOC(=O)c1ccc(NC2CC3CCC2O3)c(N)c1. The second kappa shape index (κ2) is 5.32. The molecule has 1 aromatic carbocycles. The molecule has 3 atom stereocenters. The first-order valence-corrected chi connectivity index (χ1v) is 7.16. The third-order valence-electron chi connectivity index (χ3n) is 4.01. The predicted octanol–water partition coefficient (Wildman–Crippen LogP) is 2.18. The lowest BCUT2D eigenvalue weighted by atomic mass is 9.95. The Hall–Kier alpha value is -1.75. The average molecular weight is 276 g/mol. The summed E-state index contributed by atoms with van der Waals surface area (Å²) < 4.78 is 10.8. The minimum atomic E-state index is -0.339. The fraction of sp³-hybridized carbons (Fsp3) is 0.533. The molecule has 0 radical (unpaired) electrons. The number of nitrogens with one attached hydrogen (secondary N) is 1. The molecule has 0 aliphatic carbocycles. The third-order valence-corrected chi connectivity index (χ3v) is 4.01. The molecule has 2 saturated heterocycles. The van der Waals surface area contributed by atoms with Crippen molar-refractivity contribution in [3.63, 3.8) is 0 Å². The Labute approximate surface area is 118 Å². The molecule has 0 amide bonds. The van der Waals surface area contributed by atoms with Gasteiger partial charge in [-0.25, -0.2) is 4.79 Å². The molecule has 108 valence electrons. The predicted molar refractivity (Wildman–Crippen MR) is 76.7 cm³/mol. The van der Waals surface area contributed by atoms with E-state index >= 15 is 0 Å². The molecule has 2 heterocycles. The fourth-order valence-corrected chi connectivity index (χ4v) is 3.03. The number of ether oxygens (including phenoxy) is 2. The second-order valence-corrected chi connectivity index (χ2v) is 5.38. The van der Waals surface area contributed by atoms with Gasteiger partial charge < -0.3 is 20.5 Å². The van der Waals surface area contributed by atoms with E-state index in [2.05, 4.69) is 5.32 Å². The summed E-state index contributed by atoms with van der Waals surface area (Å²) in [5.41, 5.74) is 7.93. The molecule has 0 spiro atoms. The summed E-state index contributed by atoms with van der Waals surface area (Å²) >= 11 is 0. The van der Waals surface area contributed by atoms with Crippen molar-refractivity contribution in [2.24, 2.45) is 0 Å². The molecule has 20 heavy (non-hydrogen) atoms. The van der Waals surface area contributed by atoms with Crippen LogP contribution in [0.1, 0.15) is 36.5 Å². The number of rotatable bonds is 4. The number of carbonyl (C=O) groups is 1. The van der Waals surface area contributed by atoms with E-state index in [1.54, 1.807) is 19.1 Å². The standard InChI is InChI=1S/C15H20N2O3/c1-2-19-15(18)9-3-5-12(11(16)7-9)17-13-8-10-4-6-14(13)20-10/h3,5,7,10,13-14,17H,2,4,6,8,16H2,1H3. The van der Waals surface area contributed by atoms with Gasteiger partial charge in [0.2, 0.25) is 0 Å². The van der Waals surface area contributed by atoms with Crippen molar-refractivity contribution >= 4 is 17.3 Å². The first-order valence-electron chi connectivity index (χ1n) is 7.16. The van der Waals surface area contributed by atoms with E-state index in [0.717, 1.165) is 18.5 Å². The van der Waals surface area contributed by atoms with E-state index in [-0.39, 0.29) is 5.97 Å². The molecule has 5 heteroatoms. The molecular weight excluding hydrogens is 256 g/mol. The minimum Gasteiger partial charge on any atom is -0.462 e. The number of esters is 1. The Morgan fingerprint density at radius 3 is 2.95 bits per heavy atom. The highest BCUT2D eigenvalue weighted by molar-refractivity contribution is 5.92. The van der Waals surface area contributed by atoms with Crippen LogP contribution in [0.4, 0.5) is 11.4 Å². The highest BCUT2D eigenvalue weighted by atomic mass is 16.5. The summed E-state index contributed by atoms with van der Waals surface area (Å²) in [5.74, 6) is -0.339. The van der Waals surface area contributed by atoms with Crippen LogP contribution in [-0.2, 0) is 9.47 Å². The summed E-state index contributed by atoms with van der Waals surface area (Å²) in [6.07, 6.45) is 4.01. The monoisotopic (exact) mass is 276 g/mol. The van der Waals surface area contributed by atoms with Gasteiger partial charge in [-0.1, -0.05) is 0 Å². The maximum atomic E-state index is 11.6. The first-order chi connectivity index (χ1) is 9.67. The molecule has 2 aliphatic heterocycles. The fourth-order valence-electron chi connectivity index (χ4n) is 3.03. The van der Waals surface area contributed by atoms with Gasteiger partial charge in [0.1, 0.15) is 0 Å². The van der Waals surface area contributed by atoms with E-state index in [4.69, 9.17) is 15.2 Å². The Morgan fingerprint density at radius 1 is 1.50 bits per heavy atom. The zero-order valence-electron chi connectivity index (χ0n) is 11.6. The van der Waals surface area contributed by atoms with Crippen molar-refractivity contribution in [3.8, 4) is 0 Å². The summed E-state index contributed by atoms with van der Waals surface area (Å²) in [4.78, 5) is 11.6. The smallest absolute Gasteiger partial charge is 0.338 e. The number of benzene rings is 1. The topological polar surface area (TPSA) is 73.6 Å². The van der Waals surface area contributed by atoms with Crippen LogP contribution >= 0.6 is 0 Å². The first kappa shape index (κ1) is 13.2. The summed E-state index contributed by atoms with van der Waals surface area (Å²) in [5, 5.41) is 3.44. The zero-order chi connectivity index (χ0) is 14.1. The maximum absolute atomic E-state index is 11.6. The number of anilines is 2. The second-order valence-electron chi connectivity index (χ2n) is 5.38. The lowest BCUT2D eigenvalue weighted by Gasteiger charge is -2.22. The quantitative estimate of drug-likeness (QED) is 0.651. The number of carbonyl (C=O) groups excluding carboxylic acids is 1. The molecule has 5 nitrogen and oxygen atoms in total. The van der Waals surface area contributed by atoms with Crippen LogP contribution in [0, 0.1) is 0 Å². The van der Waals surface area contributed by atoms with E-state index < -0.39 is 0 Å². The number of hydrogen-bond acceptors (Lipinski definition) is 5. The van der Waals surface area contributed by atoms with Crippen LogP contribution in [0.15, 0.2) is 18.2 Å². The number of nitrogen functional groups attached to an aromatic ring is 1. The normalized spacial score (nSPS) is 27.6. The number of fused-ring (bicyclic) bond motifs is 2. The average Bonchev–Trinajstić information content (AvgIpc) is 3.03. The van der Waals surface area contributed by atoms with Crippen LogP contribution in [0.2, 0.25) is 0 Å². The van der Waals surface area contributed by atoms with Crippen LogP contribution < -0.4 is 11.1 Å². The Balaban J connectivity index is 1.70. The van der Waals surface area contributed by atoms with Gasteiger partial charge in [0.05, 0.1) is 41.8 Å². The molecule has 0 saturated carbocycles. The molecule has 2 aliphatic rings. The Bertz CT molecular complexity index is 518.